The smallest absolute Gasteiger partial charge is 0.261 e. The molecule has 1 aromatic rings. The fraction of sp³-hybridized carbons (Fsp3) is 0.500. The predicted octanol–water partition coefficient (Wildman–Crippen LogP) is 3.10. The van der Waals surface area contributed by atoms with Crippen molar-refractivity contribution in [1.82, 2.24) is 9.80 Å². The van der Waals surface area contributed by atoms with Crippen LogP contribution < -0.4 is 9.47 Å². The summed E-state index contributed by atoms with van der Waals surface area (Å²) in [5, 5.41) is 9.27. The Balaban J connectivity index is 1.94. The second-order valence-corrected chi connectivity index (χ2v) is 12.1. The Labute approximate surface area is 220 Å². The third-order valence-corrected chi connectivity index (χ3v) is 9.78. The Kier molecular flexibility index (Phi) is 6.72. The van der Waals surface area contributed by atoms with Crippen molar-refractivity contribution >= 4 is 68.8 Å². The van der Waals surface area contributed by atoms with Gasteiger partial charge < -0.3 is 19.3 Å². The van der Waals surface area contributed by atoms with E-state index >= 15 is 0 Å². The molecular weight excluding hydrogens is 537 g/mol. The summed E-state index contributed by atoms with van der Waals surface area (Å²) in [4.78, 5) is 52.2. The number of nitriles is 1. The van der Waals surface area contributed by atoms with Crippen LogP contribution >= 0.6 is 46.7 Å². The number of rotatable bonds is 5. The van der Waals surface area contributed by atoms with Crippen LogP contribution in [0.15, 0.2) is 18.2 Å². The molecule has 2 amide bonds. The van der Waals surface area contributed by atoms with Gasteiger partial charge in [0.25, 0.3) is 11.8 Å². The van der Waals surface area contributed by atoms with Gasteiger partial charge >= 0.3 is 0 Å². The number of likely N-dealkylation sites (N-methyl/N-ethyl adjacent to an activating group) is 1. The molecule has 3 heterocycles. The molecule has 13 heteroatoms. The molecule has 0 saturated carbocycles. The minimum absolute atomic E-state index is 0.0319. The third kappa shape index (κ3) is 3.86. The molecule has 0 bridgehead atoms. The standard InChI is InChI=1S/C22H21Cl2N3O6S2/c1-20(10-25)9-22(35-16(29)8-24)19(31)26(3)21(2,34-15(28)7-23)18(30)27(22)17(20)12-4-5-13-14(6-12)33-11-32-13/h4-6,17H,7-9,11H2,1-3H3/t17?,20-,21+,22?/m1/s1. The zero-order valence-corrected chi connectivity index (χ0v) is 22.1. The molecule has 3 aliphatic rings. The normalized spacial score (nSPS) is 31.4. The Morgan fingerprint density at radius 3 is 2.37 bits per heavy atom. The third-order valence-electron chi connectivity index (χ3n) is 6.53. The molecule has 186 valence electrons. The number of ether oxygens (including phenoxy) is 2. The molecule has 0 aliphatic carbocycles. The van der Waals surface area contributed by atoms with Gasteiger partial charge in [0.05, 0.1) is 29.3 Å². The van der Waals surface area contributed by atoms with Crippen LogP contribution in [0.5, 0.6) is 11.5 Å². The van der Waals surface area contributed by atoms with Crippen molar-refractivity contribution < 1.29 is 28.7 Å². The van der Waals surface area contributed by atoms with Gasteiger partial charge in [-0.25, -0.2) is 0 Å². The number of hydrogen-bond donors (Lipinski definition) is 0. The number of fused-ring (bicyclic) bond motifs is 2. The van der Waals surface area contributed by atoms with Crippen molar-refractivity contribution in [1.29, 1.82) is 5.26 Å². The molecular formula is C22H21Cl2N3O6S2. The highest BCUT2D eigenvalue weighted by atomic mass is 35.5. The molecule has 0 N–H and O–H groups in total. The molecule has 4 atom stereocenters. The SMILES string of the molecule is CN1C(=O)C2(SC(=O)CCl)C[C@](C)(C#N)C(c3ccc4c(c3)OCO4)N2C(=O)[C@]1(C)SC(=O)CCl. The van der Waals surface area contributed by atoms with Crippen molar-refractivity contribution in [3.05, 3.63) is 23.8 Å². The number of carbonyl (C=O) groups is 4. The molecule has 3 aliphatic heterocycles. The molecule has 2 saturated heterocycles. The number of alkyl halides is 2. The fourth-order valence-electron chi connectivity index (χ4n) is 4.86. The number of hydrogen-bond acceptors (Lipinski definition) is 9. The number of nitrogens with zero attached hydrogens (tertiary/aromatic N) is 3. The van der Waals surface area contributed by atoms with Crippen LogP contribution in [0, 0.1) is 16.7 Å². The van der Waals surface area contributed by atoms with Crippen LogP contribution in [0.25, 0.3) is 0 Å². The van der Waals surface area contributed by atoms with Crippen molar-refractivity contribution in [3.8, 4) is 17.6 Å². The molecule has 0 radical (unpaired) electrons. The van der Waals surface area contributed by atoms with E-state index in [1.54, 1.807) is 25.1 Å². The number of carbonyl (C=O) groups excluding carboxylic acids is 4. The Bertz CT molecular complexity index is 1180. The van der Waals surface area contributed by atoms with Crippen LogP contribution in [-0.4, -0.2) is 67.2 Å². The van der Waals surface area contributed by atoms with Crippen molar-refractivity contribution in [3.63, 3.8) is 0 Å². The predicted molar refractivity (Wildman–Crippen MR) is 131 cm³/mol. The molecule has 2 unspecified atom stereocenters. The first-order valence-electron chi connectivity index (χ1n) is 10.5. The Hall–Kier alpha value is -2.13. The number of thioether (sulfide) groups is 2. The van der Waals surface area contributed by atoms with Gasteiger partial charge in [0.2, 0.25) is 17.0 Å². The zero-order chi connectivity index (χ0) is 25.8. The first-order valence-corrected chi connectivity index (χ1v) is 13.2. The van der Waals surface area contributed by atoms with E-state index in [2.05, 4.69) is 6.07 Å². The van der Waals surface area contributed by atoms with Gasteiger partial charge in [0, 0.05) is 13.5 Å². The van der Waals surface area contributed by atoms with E-state index in [-0.39, 0.29) is 25.0 Å². The lowest BCUT2D eigenvalue weighted by Crippen LogP contribution is -2.71. The Morgan fingerprint density at radius 1 is 1.11 bits per heavy atom. The molecule has 4 rings (SSSR count). The molecule has 9 nitrogen and oxygen atoms in total. The van der Waals surface area contributed by atoms with E-state index in [9.17, 15) is 24.4 Å². The van der Waals surface area contributed by atoms with Gasteiger partial charge in [0.1, 0.15) is 0 Å². The number of benzene rings is 1. The maximum atomic E-state index is 14.2. The lowest BCUT2D eigenvalue weighted by molar-refractivity contribution is -0.163. The quantitative estimate of drug-likeness (QED) is 0.503. The van der Waals surface area contributed by atoms with Gasteiger partial charge in [-0.3, -0.25) is 19.2 Å². The van der Waals surface area contributed by atoms with Crippen LogP contribution in [0.4, 0.5) is 0 Å². The van der Waals surface area contributed by atoms with Gasteiger partial charge in [-0.05, 0) is 55.1 Å². The van der Waals surface area contributed by atoms with Gasteiger partial charge in [-0.1, -0.05) is 6.07 Å². The van der Waals surface area contributed by atoms with Crippen molar-refractivity contribution in [2.75, 3.05) is 25.6 Å². The van der Waals surface area contributed by atoms with E-state index in [1.165, 1.54) is 18.9 Å². The molecule has 0 spiro atoms. The number of amides is 2. The molecule has 2 fully saturated rings. The molecule has 0 aromatic heterocycles. The number of piperazine rings is 1. The minimum atomic E-state index is -1.73. The summed E-state index contributed by atoms with van der Waals surface area (Å²) in [6, 6.07) is 6.37. The van der Waals surface area contributed by atoms with E-state index in [0.717, 1.165) is 4.90 Å². The zero-order valence-electron chi connectivity index (χ0n) is 19.0. The summed E-state index contributed by atoms with van der Waals surface area (Å²) in [5.74, 6) is -0.978. The molecule has 35 heavy (non-hydrogen) atoms. The summed E-state index contributed by atoms with van der Waals surface area (Å²) in [6.07, 6.45) is -0.123. The lowest BCUT2D eigenvalue weighted by atomic mass is 9.79. The maximum absolute atomic E-state index is 14.2. The highest BCUT2D eigenvalue weighted by molar-refractivity contribution is 8.16. The minimum Gasteiger partial charge on any atom is -0.454 e. The average Bonchev–Trinajstić information content (AvgIpc) is 3.41. The van der Waals surface area contributed by atoms with Crippen LogP contribution in [0.2, 0.25) is 0 Å². The first-order chi connectivity index (χ1) is 16.5. The van der Waals surface area contributed by atoms with E-state index < -0.39 is 43.2 Å². The maximum Gasteiger partial charge on any atom is 0.261 e. The summed E-state index contributed by atoms with van der Waals surface area (Å²) in [6.45, 7) is 3.13. The van der Waals surface area contributed by atoms with Crippen molar-refractivity contribution in [2.45, 2.75) is 36.1 Å². The van der Waals surface area contributed by atoms with E-state index in [4.69, 9.17) is 32.7 Å². The first kappa shape index (κ1) is 25.9. The number of halogens is 2. The highest BCUT2D eigenvalue weighted by Crippen LogP contribution is 2.62. The largest absolute Gasteiger partial charge is 0.454 e. The summed E-state index contributed by atoms with van der Waals surface area (Å²) in [5.41, 5.74) is -0.743. The van der Waals surface area contributed by atoms with Crippen LogP contribution in [0.3, 0.4) is 0 Å². The summed E-state index contributed by atoms with van der Waals surface area (Å²) >= 11 is 12.8. The summed E-state index contributed by atoms with van der Waals surface area (Å²) in [7, 11) is 1.40. The van der Waals surface area contributed by atoms with Crippen molar-refractivity contribution in [2.24, 2.45) is 5.41 Å². The summed E-state index contributed by atoms with van der Waals surface area (Å²) < 4.78 is 10.9. The Morgan fingerprint density at radius 2 is 1.74 bits per heavy atom. The fourth-order valence-corrected chi connectivity index (χ4v) is 7.41. The van der Waals surface area contributed by atoms with Gasteiger partial charge in [-0.15, -0.1) is 23.2 Å². The van der Waals surface area contributed by atoms with Gasteiger partial charge in [-0.2, -0.15) is 5.26 Å². The second-order valence-electron chi connectivity index (χ2n) is 8.74. The van der Waals surface area contributed by atoms with Gasteiger partial charge in [0.15, 0.2) is 21.2 Å². The van der Waals surface area contributed by atoms with Crippen LogP contribution in [0.1, 0.15) is 31.9 Å². The average molecular weight is 558 g/mol. The van der Waals surface area contributed by atoms with E-state index in [0.29, 0.717) is 40.6 Å². The lowest BCUT2D eigenvalue weighted by Gasteiger charge is -2.52. The second kappa shape index (κ2) is 9.07. The van der Waals surface area contributed by atoms with Crippen LogP contribution in [-0.2, 0) is 19.2 Å². The van der Waals surface area contributed by atoms with E-state index in [1.807, 2.05) is 0 Å². The highest BCUT2D eigenvalue weighted by Gasteiger charge is 2.71. The monoisotopic (exact) mass is 557 g/mol. The molecule has 1 aromatic carbocycles. The topological polar surface area (TPSA) is 117 Å².